The molecule has 0 radical (unpaired) electrons. The van der Waals surface area contributed by atoms with Gasteiger partial charge in [-0.1, -0.05) is 47.7 Å². The fraction of sp³-hybridized carbons (Fsp3) is 0.207. The molecule has 0 aliphatic rings. The molecule has 0 aliphatic carbocycles. The van der Waals surface area contributed by atoms with E-state index >= 15 is 0 Å². The summed E-state index contributed by atoms with van der Waals surface area (Å²) < 4.78 is 28.7. The van der Waals surface area contributed by atoms with Crippen molar-refractivity contribution in [3.63, 3.8) is 0 Å². The van der Waals surface area contributed by atoms with Crippen LogP contribution in [0.1, 0.15) is 18.1 Å². The molecule has 0 fully saturated rings. The van der Waals surface area contributed by atoms with Crippen molar-refractivity contribution < 1.29 is 13.2 Å². The predicted octanol–water partition coefficient (Wildman–Crippen LogP) is 4.58. The molecule has 2 amide bonds. The zero-order valence-corrected chi connectivity index (χ0v) is 24.7. The first kappa shape index (κ1) is 29.0. The van der Waals surface area contributed by atoms with E-state index in [0.29, 0.717) is 29.2 Å². The number of pyridine rings is 1. The number of carbonyl (C=O) groups excluding carboxylic acids is 1. The summed E-state index contributed by atoms with van der Waals surface area (Å²) >= 11 is 1.35. The van der Waals surface area contributed by atoms with Gasteiger partial charge in [-0.2, -0.15) is 0 Å². The number of rotatable bonds is 10. The van der Waals surface area contributed by atoms with Gasteiger partial charge in [0.2, 0.25) is 16.0 Å². The van der Waals surface area contributed by atoms with Gasteiger partial charge in [0, 0.05) is 42.3 Å². The molecule has 5 N–H and O–H groups in total. The number of nitrogens with one attached hydrogen (secondary N) is 3. The van der Waals surface area contributed by atoms with Crippen molar-refractivity contribution in [2.75, 3.05) is 22.3 Å². The Balaban J connectivity index is 1.39. The van der Waals surface area contributed by atoms with Crippen LogP contribution in [0.25, 0.3) is 32.6 Å². The fourth-order valence-electron chi connectivity index (χ4n) is 4.34. The number of hydrogen-bond donors (Lipinski definition) is 4. The van der Waals surface area contributed by atoms with Crippen LogP contribution in [0.3, 0.4) is 0 Å². The molecular weight excluding hydrogens is 573 g/mol. The minimum absolute atomic E-state index is 0.0470. The summed E-state index contributed by atoms with van der Waals surface area (Å²) in [7, 11) is -3.77. The molecule has 0 spiro atoms. The number of urea groups is 1. The van der Waals surface area contributed by atoms with Gasteiger partial charge in [-0.05, 0) is 55.2 Å². The number of nitrogens with zero attached hydrogens (tertiary/aromatic N) is 4. The van der Waals surface area contributed by atoms with E-state index in [1.807, 2.05) is 68.4 Å². The lowest BCUT2D eigenvalue weighted by molar-refractivity contribution is 0.252. The molecule has 0 unspecified atom stereocenters. The second-order valence-corrected chi connectivity index (χ2v) is 12.5. The number of anilines is 2. The lowest BCUT2D eigenvalue weighted by Crippen LogP contribution is -2.34. The molecule has 5 rings (SSSR count). The molecule has 13 heteroatoms. The number of aryl methyl sites for hydroxylation is 1. The summed E-state index contributed by atoms with van der Waals surface area (Å²) in [5.41, 5.74) is 11.8. The van der Waals surface area contributed by atoms with E-state index in [0.717, 1.165) is 32.6 Å². The van der Waals surface area contributed by atoms with E-state index in [1.54, 1.807) is 18.6 Å². The summed E-state index contributed by atoms with van der Waals surface area (Å²) in [5.74, 6) is -0.318. The van der Waals surface area contributed by atoms with Gasteiger partial charge in [0.05, 0.1) is 21.7 Å². The Morgan fingerprint density at radius 2 is 1.76 bits per heavy atom. The third kappa shape index (κ3) is 7.24. The van der Waals surface area contributed by atoms with Gasteiger partial charge in [0.15, 0.2) is 5.13 Å². The highest BCUT2D eigenvalue weighted by Gasteiger charge is 2.19. The molecule has 0 saturated carbocycles. The number of thiazole rings is 1. The molecule has 42 heavy (non-hydrogen) atoms. The van der Waals surface area contributed by atoms with Gasteiger partial charge >= 0.3 is 6.03 Å². The van der Waals surface area contributed by atoms with Crippen LogP contribution < -0.4 is 21.1 Å². The average Bonchev–Trinajstić information content (AvgIpc) is 3.35. The first-order chi connectivity index (χ1) is 20.2. The van der Waals surface area contributed by atoms with Gasteiger partial charge in [-0.25, -0.2) is 28.2 Å². The van der Waals surface area contributed by atoms with E-state index < -0.39 is 16.1 Å². The molecule has 3 heterocycles. The minimum Gasteiger partial charge on any atom is -0.338 e. The van der Waals surface area contributed by atoms with Gasteiger partial charge in [0.25, 0.3) is 0 Å². The molecule has 0 aliphatic heterocycles. The van der Waals surface area contributed by atoms with Crippen LogP contribution in [-0.4, -0.2) is 52.7 Å². The second-order valence-electron chi connectivity index (χ2n) is 9.72. The zero-order valence-electron chi connectivity index (χ0n) is 23.0. The summed E-state index contributed by atoms with van der Waals surface area (Å²) in [6.07, 6.45) is 5.31. The van der Waals surface area contributed by atoms with Crippen molar-refractivity contribution >= 4 is 48.7 Å². The smallest absolute Gasteiger partial charge is 0.321 e. The fourth-order valence-corrected chi connectivity index (χ4v) is 6.45. The SMILES string of the molecule is CCNC(=O)Nc1nc2cc(-c3cnc(NS(=O)(=O)C[C@@H](N)Cc4ccccc4)nc3)cc(-c3ccc(C)cn3)c2s1. The number of nitrogens with two attached hydrogens (primary N) is 1. The second kappa shape index (κ2) is 12.6. The van der Waals surface area contributed by atoms with Crippen molar-refractivity contribution in [1.82, 2.24) is 25.3 Å². The average molecular weight is 603 g/mol. The first-order valence-corrected chi connectivity index (χ1v) is 15.7. The highest BCUT2D eigenvalue weighted by molar-refractivity contribution is 7.92. The first-order valence-electron chi connectivity index (χ1n) is 13.2. The van der Waals surface area contributed by atoms with E-state index in [1.165, 1.54) is 11.3 Å². The molecule has 5 aromatic rings. The molecule has 216 valence electrons. The number of amides is 2. The Morgan fingerprint density at radius 3 is 2.45 bits per heavy atom. The summed E-state index contributed by atoms with van der Waals surface area (Å²) in [6, 6.07) is 16.3. The zero-order chi connectivity index (χ0) is 29.7. The third-order valence-corrected chi connectivity index (χ3v) is 8.62. The highest BCUT2D eigenvalue weighted by Crippen LogP contribution is 2.38. The third-order valence-electron chi connectivity index (χ3n) is 6.24. The highest BCUT2D eigenvalue weighted by atomic mass is 32.2. The lowest BCUT2D eigenvalue weighted by atomic mass is 10.0. The number of aromatic nitrogens is 4. The normalized spacial score (nSPS) is 12.2. The molecule has 11 nitrogen and oxygen atoms in total. The minimum atomic E-state index is -3.77. The van der Waals surface area contributed by atoms with Crippen LogP contribution in [0.5, 0.6) is 0 Å². The number of hydrogen-bond acceptors (Lipinski definition) is 9. The Bertz CT molecular complexity index is 1790. The Kier molecular flexibility index (Phi) is 8.71. The van der Waals surface area contributed by atoms with Crippen LogP contribution >= 0.6 is 11.3 Å². The largest absolute Gasteiger partial charge is 0.338 e. The van der Waals surface area contributed by atoms with Crippen LogP contribution in [0, 0.1) is 6.92 Å². The van der Waals surface area contributed by atoms with Crippen molar-refractivity contribution in [2.24, 2.45) is 5.73 Å². The van der Waals surface area contributed by atoms with Crippen molar-refractivity contribution in [3.05, 3.63) is 84.3 Å². The van der Waals surface area contributed by atoms with E-state index in [2.05, 4.69) is 35.3 Å². The van der Waals surface area contributed by atoms with Gasteiger partial charge in [-0.15, -0.1) is 0 Å². The number of fused-ring (bicyclic) bond motifs is 1. The van der Waals surface area contributed by atoms with Crippen LogP contribution in [0.2, 0.25) is 0 Å². The Labute approximate surface area is 247 Å². The predicted molar refractivity (Wildman–Crippen MR) is 167 cm³/mol. The molecular formula is C29H30N8O3S2. The van der Waals surface area contributed by atoms with Gasteiger partial charge in [-0.3, -0.25) is 15.0 Å². The van der Waals surface area contributed by atoms with Gasteiger partial charge in [0.1, 0.15) is 0 Å². The van der Waals surface area contributed by atoms with Crippen molar-refractivity contribution in [2.45, 2.75) is 26.3 Å². The molecule has 0 bridgehead atoms. The topological polar surface area (TPSA) is 165 Å². The summed E-state index contributed by atoms with van der Waals surface area (Å²) in [6.45, 7) is 4.30. The Morgan fingerprint density at radius 1 is 1.00 bits per heavy atom. The van der Waals surface area contributed by atoms with Gasteiger partial charge < -0.3 is 11.1 Å². The van der Waals surface area contributed by atoms with E-state index in [4.69, 9.17) is 5.73 Å². The maximum atomic E-state index is 12.7. The maximum absolute atomic E-state index is 12.7. The Hall–Kier alpha value is -4.46. The van der Waals surface area contributed by atoms with E-state index in [-0.39, 0.29) is 17.7 Å². The maximum Gasteiger partial charge on any atom is 0.321 e. The number of sulfonamides is 1. The number of benzene rings is 2. The number of carbonyl (C=O) groups is 1. The summed E-state index contributed by atoms with van der Waals surface area (Å²) in [4.78, 5) is 29.8. The van der Waals surface area contributed by atoms with Crippen LogP contribution in [-0.2, 0) is 16.4 Å². The van der Waals surface area contributed by atoms with Crippen LogP contribution in [0.4, 0.5) is 15.9 Å². The molecule has 1 atom stereocenters. The molecule has 3 aromatic heterocycles. The summed E-state index contributed by atoms with van der Waals surface area (Å²) in [5, 5.41) is 5.93. The quantitative estimate of drug-likeness (QED) is 0.180. The van der Waals surface area contributed by atoms with Crippen molar-refractivity contribution in [3.8, 4) is 22.4 Å². The lowest BCUT2D eigenvalue weighted by Gasteiger charge is -2.13. The molecule has 0 saturated heterocycles. The van der Waals surface area contributed by atoms with Crippen molar-refractivity contribution in [1.29, 1.82) is 0 Å². The monoisotopic (exact) mass is 602 g/mol. The molecule has 2 aromatic carbocycles. The standard InChI is InChI=1S/C29H30N8O3S2/c1-3-31-28(38)36-29-35-25-13-20(12-23(26(25)41-29)24-10-9-18(2)14-32-24)21-15-33-27(34-16-21)37-42(39,40)17-22(30)11-19-7-5-4-6-8-19/h4-10,12-16,22H,3,11,17,30H2,1-2H3,(H,33,34,37)(H2,31,35,36,38)/t22-/m0/s1. The van der Waals surface area contributed by atoms with Crippen LogP contribution in [0.15, 0.2) is 73.2 Å². The van der Waals surface area contributed by atoms with E-state index in [9.17, 15) is 13.2 Å².